The molecule has 2 nitrogen and oxygen atoms in total. The fourth-order valence-corrected chi connectivity index (χ4v) is 1.52. The molecule has 1 heterocycles. The summed E-state index contributed by atoms with van der Waals surface area (Å²) in [5.74, 6) is -3.81. The quantitative estimate of drug-likeness (QED) is 0.767. The molecular weight excluding hydrogens is 207 g/mol. The summed E-state index contributed by atoms with van der Waals surface area (Å²) in [6, 6.07) is 1.92. The second-order valence-corrected chi connectivity index (χ2v) is 3.46. The Morgan fingerprint density at radius 3 is 2.40 bits per heavy atom. The molecule has 2 rings (SSSR count). The zero-order valence-corrected chi connectivity index (χ0v) is 7.90. The second kappa shape index (κ2) is 4.10. The number of halogens is 3. The summed E-state index contributed by atoms with van der Waals surface area (Å²) < 4.78 is 43.4. The molecule has 0 saturated carbocycles. The van der Waals surface area contributed by atoms with Crippen LogP contribution in [-0.2, 0) is 4.74 Å². The van der Waals surface area contributed by atoms with Gasteiger partial charge in [-0.3, -0.25) is 0 Å². The Hall–Kier alpha value is -1.23. The van der Waals surface area contributed by atoms with E-state index < -0.39 is 17.5 Å². The summed E-state index contributed by atoms with van der Waals surface area (Å²) >= 11 is 0. The fourth-order valence-electron chi connectivity index (χ4n) is 1.52. The minimum Gasteiger partial charge on any atom is -0.380 e. The predicted molar refractivity (Wildman–Crippen MR) is 49.2 cm³/mol. The number of benzene rings is 1. The number of hydrogen-bond donors (Lipinski definition) is 1. The zero-order chi connectivity index (χ0) is 10.8. The first kappa shape index (κ1) is 10.3. The van der Waals surface area contributed by atoms with Gasteiger partial charge >= 0.3 is 0 Å². The van der Waals surface area contributed by atoms with E-state index >= 15 is 0 Å². The predicted octanol–water partition coefficient (Wildman–Crippen LogP) is 2.30. The van der Waals surface area contributed by atoms with Gasteiger partial charge in [0.15, 0.2) is 17.5 Å². The Labute approximate surface area is 85.0 Å². The highest BCUT2D eigenvalue weighted by atomic mass is 19.2. The highest BCUT2D eigenvalue weighted by Gasteiger charge is 2.17. The summed E-state index contributed by atoms with van der Waals surface area (Å²) in [5, 5.41) is 2.88. The van der Waals surface area contributed by atoms with Crippen LogP contribution >= 0.6 is 0 Å². The Morgan fingerprint density at radius 1 is 1.20 bits per heavy atom. The lowest BCUT2D eigenvalue weighted by atomic mass is 10.2. The van der Waals surface area contributed by atoms with Gasteiger partial charge in [0.1, 0.15) is 0 Å². The van der Waals surface area contributed by atoms with Gasteiger partial charge in [-0.15, -0.1) is 0 Å². The van der Waals surface area contributed by atoms with Gasteiger partial charge in [0.05, 0.1) is 12.6 Å². The van der Waals surface area contributed by atoms with Crippen molar-refractivity contribution in [2.24, 2.45) is 0 Å². The number of anilines is 1. The highest BCUT2D eigenvalue weighted by Crippen LogP contribution is 2.19. The van der Waals surface area contributed by atoms with Gasteiger partial charge < -0.3 is 10.1 Å². The van der Waals surface area contributed by atoms with Gasteiger partial charge in [0.25, 0.3) is 0 Å². The van der Waals surface area contributed by atoms with Crippen LogP contribution in [0.2, 0.25) is 0 Å². The summed E-state index contributed by atoms with van der Waals surface area (Å²) in [5.41, 5.74) is 0.238. The van der Waals surface area contributed by atoms with Crippen LogP contribution in [0.1, 0.15) is 6.42 Å². The Balaban J connectivity index is 2.14. The molecule has 1 aromatic carbocycles. The zero-order valence-electron chi connectivity index (χ0n) is 7.90. The van der Waals surface area contributed by atoms with Crippen LogP contribution in [0.5, 0.6) is 0 Å². The van der Waals surface area contributed by atoms with E-state index in [0.29, 0.717) is 13.2 Å². The summed E-state index contributed by atoms with van der Waals surface area (Å²) in [6.07, 6.45) is 0.778. The Morgan fingerprint density at radius 2 is 1.87 bits per heavy atom. The first-order valence-electron chi connectivity index (χ1n) is 4.65. The molecule has 0 spiro atoms. The van der Waals surface area contributed by atoms with E-state index in [4.69, 9.17) is 4.74 Å². The molecule has 1 saturated heterocycles. The normalized spacial score (nSPS) is 20.6. The Kier molecular flexibility index (Phi) is 2.81. The molecule has 5 heteroatoms. The van der Waals surface area contributed by atoms with Crippen LogP contribution in [0.4, 0.5) is 18.9 Å². The standard InChI is InChI=1S/C10H10F3NO/c11-8-3-7(4-9(12)10(8)13)14-6-1-2-15-5-6/h3-4,6,14H,1-2,5H2. The summed E-state index contributed by atoms with van der Waals surface area (Å²) in [6.45, 7) is 1.13. The maximum atomic E-state index is 12.8. The van der Waals surface area contributed by atoms with Crippen molar-refractivity contribution >= 4 is 5.69 Å². The van der Waals surface area contributed by atoms with Crippen molar-refractivity contribution < 1.29 is 17.9 Å². The lowest BCUT2D eigenvalue weighted by molar-refractivity contribution is 0.195. The van der Waals surface area contributed by atoms with Crippen molar-refractivity contribution in [3.8, 4) is 0 Å². The van der Waals surface area contributed by atoms with Gasteiger partial charge in [-0.2, -0.15) is 0 Å². The molecule has 1 aliphatic heterocycles. The van der Waals surface area contributed by atoms with Gasteiger partial charge in [0.2, 0.25) is 0 Å². The third-order valence-corrected chi connectivity index (χ3v) is 2.28. The Bertz CT molecular complexity index is 341. The van der Waals surface area contributed by atoms with E-state index in [2.05, 4.69) is 5.32 Å². The molecule has 82 valence electrons. The van der Waals surface area contributed by atoms with E-state index in [0.717, 1.165) is 18.6 Å². The monoisotopic (exact) mass is 217 g/mol. The molecule has 0 bridgehead atoms. The van der Waals surface area contributed by atoms with Crippen LogP contribution in [0.3, 0.4) is 0 Å². The lowest BCUT2D eigenvalue weighted by Gasteiger charge is -2.12. The minimum atomic E-state index is -1.44. The number of nitrogens with one attached hydrogen (secondary N) is 1. The average Bonchev–Trinajstić information content (AvgIpc) is 2.66. The molecule has 0 aromatic heterocycles. The van der Waals surface area contributed by atoms with Crippen LogP contribution in [-0.4, -0.2) is 19.3 Å². The second-order valence-electron chi connectivity index (χ2n) is 3.46. The van der Waals surface area contributed by atoms with Crippen LogP contribution < -0.4 is 5.32 Å². The molecule has 1 N–H and O–H groups in total. The topological polar surface area (TPSA) is 21.3 Å². The SMILES string of the molecule is Fc1cc(NC2CCOC2)cc(F)c1F. The summed E-state index contributed by atoms with van der Waals surface area (Å²) in [7, 11) is 0. The maximum Gasteiger partial charge on any atom is 0.194 e. The van der Waals surface area contributed by atoms with Gasteiger partial charge in [-0.1, -0.05) is 0 Å². The van der Waals surface area contributed by atoms with Crippen molar-refractivity contribution in [1.82, 2.24) is 0 Å². The molecule has 0 radical (unpaired) electrons. The number of hydrogen-bond acceptors (Lipinski definition) is 2. The van der Waals surface area contributed by atoms with E-state index in [1.807, 2.05) is 0 Å². The van der Waals surface area contributed by atoms with E-state index in [1.54, 1.807) is 0 Å². The average molecular weight is 217 g/mol. The van der Waals surface area contributed by atoms with Crippen LogP contribution in [0.15, 0.2) is 12.1 Å². The third-order valence-electron chi connectivity index (χ3n) is 2.28. The largest absolute Gasteiger partial charge is 0.380 e. The molecule has 0 amide bonds. The van der Waals surface area contributed by atoms with Gasteiger partial charge in [-0.05, 0) is 6.42 Å². The highest BCUT2D eigenvalue weighted by molar-refractivity contribution is 5.45. The van der Waals surface area contributed by atoms with E-state index in [9.17, 15) is 13.2 Å². The summed E-state index contributed by atoms with van der Waals surface area (Å²) in [4.78, 5) is 0. The van der Waals surface area contributed by atoms with Crippen LogP contribution in [0, 0.1) is 17.5 Å². The van der Waals surface area contributed by atoms with Crippen molar-refractivity contribution in [2.75, 3.05) is 18.5 Å². The van der Waals surface area contributed by atoms with Gasteiger partial charge in [-0.25, -0.2) is 13.2 Å². The molecule has 1 unspecified atom stereocenters. The molecule has 1 atom stereocenters. The van der Waals surface area contributed by atoms with Crippen molar-refractivity contribution in [2.45, 2.75) is 12.5 Å². The molecule has 1 aromatic rings. The number of rotatable bonds is 2. The lowest BCUT2D eigenvalue weighted by Crippen LogP contribution is -2.19. The van der Waals surface area contributed by atoms with Crippen molar-refractivity contribution in [3.63, 3.8) is 0 Å². The first-order chi connectivity index (χ1) is 7.16. The molecular formula is C10H10F3NO. The van der Waals surface area contributed by atoms with E-state index in [-0.39, 0.29) is 11.7 Å². The fraction of sp³-hybridized carbons (Fsp3) is 0.400. The van der Waals surface area contributed by atoms with Crippen molar-refractivity contribution in [3.05, 3.63) is 29.6 Å². The number of ether oxygens (including phenoxy) is 1. The van der Waals surface area contributed by atoms with Crippen molar-refractivity contribution in [1.29, 1.82) is 0 Å². The van der Waals surface area contributed by atoms with E-state index in [1.165, 1.54) is 0 Å². The third kappa shape index (κ3) is 2.23. The van der Waals surface area contributed by atoms with Crippen LogP contribution in [0.25, 0.3) is 0 Å². The molecule has 1 fully saturated rings. The first-order valence-corrected chi connectivity index (χ1v) is 4.65. The minimum absolute atomic E-state index is 0.0364. The molecule has 1 aliphatic rings. The maximum absolute atomic E-state index is 12.8. The smallest absolute Gasteiger partial charge is 0.194 e. The molecule has 0 aliphatic carbocycles. The molecule has 15 heavy (non-hydrogen) atoms. The van der Waals surface area contributed by atoms with Gasteiger partial charge in [0, 0.05) is 24.4 Å².